The lowest BCUT2D eigenvalue weighted by atomic mass is 10.1. The number of hydrogen-bond donors (Lipinski definition) is 2. The molecule has 2 aromatic rings. The molecule has 0 saturated carbocycles. The van der Waals surface area contributed by atoms with E-state index in [-0.39, 0.29) is 12.1 Å². The van der Waals surface area contributed by atoms with E-state index in [4.69, 9.17) is 11.6 Å². The number of rotatable bonds is 3. The van der Waals surface area contributed by atoms with E-state index in [0.717, 1.165) is 36.6 Å². The van der Waals surface area contributed by atoms with Gasteiger partial charge in [0.1, 0.15) is 0 Å². The monoisotopic (exact) mass is 333 g/mol. The van der Waals surface area contributed by atoms with Gasteiger partial charge >= 0.3 is 6.03 Å². The van der Waals surface area contributed by atoms with Crippen molar-refractivity contribution in [1.29, 1.82) is 0 Å². The summed E-state index contributed by atoms with van der Waals surface area (Å²) >= 11 is 6.27. The first kappa shape index (κ1) is 15.7. The Morgan fingerprint density at radius 2 is 2.22 bits per heavy atom. The van der Waals surface area contributed by atoms with Crippen molar-refractivity contribution in [2.24, 2.45) is 7.05 Å². The standard InChI is InChI=1S/C16H20ClN5O/c1-21-10-13(9-18-21)20-16(23)19-12-5-4-8-22(11-12)15-7-3-2-6-14(15)17/h2-3,6-7,9-10,12H,4-5,8,11H2,1H3,(H2,19,20,23)/t12-/m1/s1. The molecule has 0 bridgehead atoms. The van der Waals surface area contributed by atoms with Crippen molar-refractivity contribution in [3.8, 4) is 0 Å². The minimum absolute atomic E-state index is 0.0942. The van der Waals surface area contributed by atoms with Gasteiger partial charge in [-0.15, -0.1) is 0 Å². The maximum absolute atomic E-state index is 12.1. The largest absolute Gasteiger partial charge is 0.368 e. The molecule has 6 nitrogen and oxygen atoms in total. The lowest BCUT2D eigenvalue weighted by Gasteiger charge is -2.35. The summed E-state index contributed by atoms with van der Waals surface area (Å²) in [5.74, 6) is 0. The number of hydrogen-bond acceptors (Lipinski definition) is 3. The number of aromatic nitrogens is 2. The Labute approximate surface area is 140 Å². The number of piperidine rings is 1. The van der Waals surface area contributed by atoms with Crippen molar-refractivity contribution in [3.63, 3.8) is 0 Å². The predicted molar refractivity (Wildman–Crippen MR) is 92.0 cm³/mol. The van der Waals surface area contributed by atoms with Crippen molar-refractivity contribution in [3.05, 3.63) is 41.7 Å². The van der Waals surface area contributed by atoms with E-state index in [2.05, 4.69) is 20.6 Å². The van der Waals surface area contributed by atoms with Crippen LogP contribution in [0.15, 0.2) is 36.7 Å². The minimum Gasteiger partial charge on any atom is -0.368 e. The molecule has 1 fully saturated rings. The number of nitrogens with zero attached hydrogens (tertiary/aromatic N) is 3. The number of anilines is 2. The Bertz CT molecular complexity index is 687. The first-order valence-corrected chi connectivity index (χ1v) is 8.05. The van der Waals surface area contributed by atoms with Gasteiger partial charge in [-0.1, -0.05) is 23.7 Å². The van der Waals surface area contributed by atoms with Crippen molar-refractivity contribution < 1.29 is 4.79 Å². The SMILES string of the molecule is Cn1cc(NC(=O)N[C@@H]2CCCN(c3ccccc3Cl)C2)cn1. The molecule has 2 N–H and O–H groups in total. The van der Waals surface area contributed by atoms with Gasteiger partial charge in [0.25, 0.3) is 0 Å². The summed E-state index contributed by atoms with van der Waals surface area (Å²) in [6.07, 6.45) is 5.36. The maximum Gasteiger partial charge on any atom is 0.319 e. The van der Waals surface area contributed by atoms with Crippen LogP contribution < -0.4 is 15.5 Å². The Hall–Kier alpha value is -2.21. The third-order valence-corrected chi connectivity index (χ3v) is 4.23. The highest BCUT2D eigenvalue weighted by molar-refractivity contribution is 6.33. The fourth-order valence-electron chi connectivity index (χ4n) is 2.86. The van der Waals surface area contributed by atoms with Gasteiger partial charge in [0, 0.05) is 32.4 Å². The average Bonchev–Trinajstić information content (AvgIpc) is 2.93. The second-order valence-electron chi connectivity index (χ2n) is 5.74. The van der Waals surface area contributed by atoms with E-state index in [9.17, 15) is 4.79 Å². The second-order valence-corrected chi connectivity index (χ2v) is 6.14. The molecule has 0 radical (unpaired) electrons. The van der Waals surface area contributed by atoms with Crippen LogP contribution in [0.4, 0.5) is 16.2 Å². The van der Waals surface area contributed by atoms with Crippen LogP contribution in [0.5, 0.6) is 0 Å². The number of carbonyl (C=O) groups is 1. The summed E-state index contributed by atoms with van der Waals surface area (Å²) in [6.45, 7) is 1.70. The van der Waals surface area contributed by atoms with Crippen molar-refractivity contribution in [2.45, 2.75) is 18.9 Å². The summed E-state index contributed by atoms with van der Waals surface area (Å²) in [7, 11) is 1.81. The van der Waals surface area contributed by atoms with Crippen LogP contribution in [0, 0.1) is 0 Å². The first-order valence-electron chi connectivity index (χ1n) is 7.67. The molecule has 3 rings (SSSR count). The number of nitrogens with one attached hydrogen (secondary N) is 2. The molecule has 0 aliphatic carbocycles. The van der Waals surface area contributed by atoms with Gasteiger partial charge < -0.3 is 15.5 Å². The fourth-order valence-corrected chi connectivity index (χ4v) is 3.12. The number of para-hydroxylation sites is 1. The molecule has 23 heavy (non-hydrogen) atoms. The fraction of sp³-hybridized carbons (Fsp3) is 0.375. The van der Waals surface area contributed by atoms with Gasteiger partial charge in [-0.2, -0.15) is 5.10 Å². The minimum atomic E-state index is -0.205. The van der Waals surface area contributed by atoms with E-state index in [1.807, 2.05) is 31.3 Å². The van der Waals surface area contributed by atoms with E-state index < -0.39 is 0 Å². The molecule has 1 saturated heterocycles. The molecular formula is C16H20ClN5O. The summed E-state index contributed by atoms with van der Waals surface area (Å²) in [5, 5.41) is 10.6. The highest BCUT2D eigenvalue weighted by Gasteiger charge is 2.22. The summed E-state index contributed by atoms with van der Waals surface area (Å²) in [4.78, 5) is 14.3. The van der Waals surface area contributed by atoms with Gasteiger partial charge in [-0.05, 0) is 25.0 Å². The number of urea groups is 1. The highest BCUT2D eigenvalue weighted by atomic mass is 35.5. The van der Waals surface area contributed by atoms with Crippen LogP contribution in [0.1, 0.15) is 12.8 Å². The number of carbonyl (C=O) groups excluding carboxylic acids is 1. The number of halogens is 1. The molecule has 0 unspecified atom stereocenters. The van der Waals surface area contributed by atoms with Crippen LogP contribution in [0.3, 0.4) is 0 Å². The van der Waals surface area contributed by atoms with E-state index >= 15 is 0 Å². The average molecular weight is 334 g/mol. The second kappa shape index (κ2) is 6.91. The van der Waals surface area contributed by atoms with Gasteiger partial charge in [0.15, 0.2) is 0 Å². The maximum atomic E-state index is 12.1. The molecule has 7 heteroatoms. The van der Waals surface area contributed by atoms with E-state index in [1.165, 1.54) is 0 Å². The van der Waals surface area contributed by atoms with Crippen molar-refractivity contribution >= 4 is 29.0 Å². The number of aryl methyl sites for hydroxylation is 1. The third-order valence-electron chi connectivity index (χ3n) is 3.91. The smallest absolute Gasteiger partial charge is 0.319 e. The van der Waals surface area contributed by atoms with Gasteiger partial charge in [0.2, 0.25) is 0 Å². The Kier molecular flexibility index (Phi) is 4.71. The zero-order valence-corrected chi connectivity index (χ0v) is 13.8. The normalized spacial score (nSPS) is 17.8. The zero-order chi connectivity index (χ0) is 16.2. The summed E-state index contributed by atoms with van der Waals surface area (Å²) in [6, 6.07) is 7.70. The van der Waals surface area contributed by atoms with Crippen LogP contribution in [-0.2, 0) is 7.05 Å². The Morgan fingerprint density at radius 3 is 2.96 bits per heavy atom. The Morgan fingerprint density at radius 1 is 1.39 bits per heavy atom. The van der Waals surface area contributed by atoms with Gasteiger partial charge in [-0.3, -0.25) is 4.68 Å². The molecule has 2 amide bonds. The highest BCUT2D eigenvalue weighted by Crippen LogP contribution is 2.27. The van der Waals surface area contributed by atoms with E-state index in [1.54, 1.807) is 17.1 Å². The zero-order valence-electron chi connectivity index (χ0n) is 13.0. The lowest BCUT2D eigenvalue weighted by molar-refractivity contribution is 0.246. The third kappa shape index (κ3) is 3.96. The molecule has 1 aliphatic rings. The molecule has 0 spiro atoms. The summed E-state index contributed by atoms with van der Waals surface area (Å²) < 4.78 is 1.65. The quantitative estimate of drug-likeness (QED) is 0.908. The molecule has 1 aromatic heterocycles. The molecular weight excluding hydrogens is 314 g/mol. The Balaban J connectivity index is 1.58. The topological polar surface area (TPSA) is 62.2 Å². The van der Waals surface area contributed by atoms with E-state index in [0.29, 0.717) is 5.69 Å². The van der Waals surface area contributed by atoms with Gasteiger partial charge in [0.05, 0.1) is 22.6 Å². The molecule has 1 aliphatic heterocycles. The van der Waals surface area contributed by atoms with Crippen LogP contribution >= 0.6 is 11.6 Å². The van der Waals surface area contributed by atoms with Crippen LogP contribution in [-0.4, -0.2) is 34.9 Å². The van der Waals surface area contributed by atoms with Gasteiger partial charge in [-0.25, -0.2) is 4.79 Å². The first-order chi connectivity index (χ1) is 11.1. The van der Waals surface area contributed by atoms with Crippen molar-refractivity contribution in [2.75, 3.05) is 23.3 Å². The molecule has 2 heterocycles. The predicted octanol–water partition coefficient (Wildman–Crippen LogP) is 2.86. The van der Waals surface area contributed by atoms with Crippen molar-refractivity contribution in [1.82, 2.24) is 15.1 Å². The molecule has 1 atom stereocenters. The summed E-state index contributed by atoms with van der Waals surface area (Å²) in [5.41, 5.74) is 1.71. The lowest BCUT2D eigenvalue weighted by Crippen LogP contribution is -2.49. The number of benzene rings is 1. The number of amides is 2. The van der Waals surface area contributed by atoms with Crippen LogP contribution in [0.2, 0.25) is 5.02 Å². The molecule has 122 valence electrons. The molecule has 1 aromatic carbocycles. The van der Waals surface area contributed by atoms with Crippen LogP contribution in [0.25, 0.3) is 0 Å².